The predicted molar refractivity (Wildman–Crippen MR) is 138 cm³/mol. The molecule has 1 saturated heterocycles. The Balaban J connectivity index is 1.21. The average molecular weight is 505 g/mol. The van der Waals surface area contributed by atoms with Crippen LogP contribution in [-0.4, -0.2) is 75.8 Å². The lowest BCUT2D eigenvalue weighted by atomic mass is 10.00. The van der Waals surface area contributed by atoms with E-state index in [1.54, 1.807) is 19.4 Å². The van der Waals surface area contributed by atoms with Crippen LogP contribution in [0.3, 0.4) is 0 Å². The van der Waals surface area contributed by atoms with Crippen molar-refractivity contribution < 1.29 is 14.6 Å². The summed E-state index contributed by atoms with van der Waals surface area (Å²) in [6.45, 7) is 5.87. The maximum atomic E-state index is 11.6. The number of H-pyrrole nitrogens is 1. The molecule has 0 spiro atoms. The van der Waals surface area contributed by atoms with Crippen molar-refractivity contribution in [1.82, 2.24) is 25.0 Å². The van der Waals surface area contributed by atoms with Gasteiger partial charge in [0, 0.05) is 63.8 Å². The van der Waals surface area contributed by atoms with Crippen molar-refractivity contribution in [2.75, 3.05) is 43.4 Å². The van der Waals surface area contributed by atoms with E-state index in [1.807, 2.05) is 11.0 Å². The minimum Gasteiger partial charge on any atom is -0.365 e. The first-order valence-corrected chi connectivity index (χ1v) is 12.7. The zero-order valence-corrected chi connectivity index (χ0v) is 20.9. The van der Waals surface area contributed by atoms with Gasteiger partial charge in [-0.3, -0.25) is 19.7 Å². The van der Waals surface area contributed by atoms with Gasteiger partial charge in [0.1, 0.15) is 11.6 Å². The Morgan fingerprint density at radius 2 is 2.03 bits per heavy atom. The van der Waals surface area contributed by atoms with Crippen LogP contribution >= 0.6 is 0 Å². The van der Waals surface area contributed by atoms with Crippen molar-refractivity contribution in [1.29, 1.82) is 5.26 Å². The Hall–Kier alpha value is -3.88. The Bertz CT molecular complexity index is 1260. The summed E-state index contributed by atoms with van der Waals surface area (Å²) in [7, 11) is 0. The van der Waals surface area contributed by atoms with Gasteiger partial charge in [-0.25, -0.2) is 4.98 Å². The van der Waals surface area contributed by atoms with Crippen molar-refractivity contribution in [3.63, 3.8) is 0 Å². The van der Waals surface area contributed by atoms with Crippen LogP contribution in [0.5, 0.6) is 0 Å². The Kier molecular flexibility index (Phi) is 7.67. The molecule has 11 heteroatoms. The third kappa shape index (κ3) is 5.93. The van der Waals surface area contributed by atoms with Gasteiger partial charge in [-0.15, -0.1) is 5.26 Å². The fraction of sp³-hybridized carbons (Fsp3) is 0.462. The number of carbonyl (C=O) groups excluding carboxylic acids is 1. The molecular weight excluding hydrogens is 472 g/mol. The normalized spacial score (nSPS) is 17.1. The van der Waals surface area contributed by atoms with Crippen LogP contribution < -0.4 is 10.6 Å². The van der Waals surface area contributed by atoms with Crippen LogP contribution in [0.15, 0.2) is 36.5 Å². The number of nitrogens with one attached hydrogen (secondary N) is 3. The predicted octanol–water partition coefficient (Wildman–Crippen LogP) is 2.65. The van der Waals surface area contributed by atoms with Gasteiger partial charge in [-0.1, -0.05) is 24.3 Å². The Morgan fingerprint density at radius 3 is 2.81 bits per heavy atom. The highest BCUT2D eigenvalue weighted by molar-refractivity contribution is 5.96. The number of pyridine rings is 1. The first-order chi connectivity index (χ1) is 18.1. The van der Waals surface area contributed by atoms with Crippen LogP contribution in [0.4, 0.5) is 11.6 Å². The summed E-state index contributed by atoms with van der Waals surface area (Å²) in [5.41, 5.74) is 3.52. The molecule has 0 bridgehead atoms. The van der Waals surface area contributed by atoms with Crippen LogP contribution in [0.1, 0.15) is 30.9 Å². The number of aromatic amines is 1. The molecule has 3 aromatic rings. The first-order valence-electron chi connectivity index (χ1n) is 12.7. The van der Waals surface area contributed by atoms with Crippen LogP contribution in [0, 0.1) is 11.5 Å². The molecule has 1 fully saturated rings. The van der Waals surface area contributed by atoms with Crippen molar-refractivity contribution >= 4 is 28.4 Å². The molecule has 37 heavy (non-hydrogen) atoms. The third-order valence-corrected chi connectivity index (χ3v) is 7.16. The highest BCUT2D eigenvalue weighted by Gasteiger charge is 2.24. The molecule has 1 amide bonds. The molecule has 1 aromatic carbocycles. The number of amides is 1. The molecule has 0 radical (unpaired) electrons. The molecule has 2 aliphatic rings. The minimum atomic E-state index is -0.373. The summed E-state index contributed by atoms with van der Waals surface area (Å²) in [6.07, 6.45) is 5.71. The van der Waals surface area contributed by atoms with E-state index in [9.17, 15) is 4.79 Å². The van der Waals surface area contributed by atoms with E-state index >= 15 is 0 Å². The summed E-state index contributed by atoms with van der Waals surface area (Å²) >= 11 is 0. The summed E-state index contributed by atoms with van der Waals surface area (Å²) in [4.78, 5) is 30.4. The van der Waals surface area contributed by atoms with Crippen LogP contribution in [0.2, 0.25) is 0 Å². The zero-order chi connectivity index (χ0) is 25.6. The van der Waals surface area contributed by atoms with Gasteiger partial charge in [0.25, 0.3) is 0 Å². The maximum absolute atomic E-state index is 11.6. The average Bonchev–Trinajstić information content (AvgIpc) is 3.34. The van der Waals surface area contributed by atoms with E-state index in [1.165, 1.54) is 11.1 Å². The van der Waals surface area contributed by atoms with Crippen molar-refractivity contribution in [2.24, 2.45) is 0 Å². The first kappa shape index (κ1) is 24.8. The summed E-state index contributed by atoms with van der Waals surface area (Å²) in [5, 5.41) is 24.2. The molecule has 0 aliphatic carbocycles. The number of nitriles is 1. The fourth-order valence-electron chi connectivity index (χ4n) is 5.15. The summed E-state index contributed by atoms with van der Waals surface area (Å²) in [6, 6.07) is 10.6. The van der Waals surface area contributed by atoms with Gasteiger partial charge in [-0.05, 0) is 36.5 Å². The molecule has 194 valence electrons. The van der Waals surface area contributed by atoms with Gasteiger partial charge in [-0.2, -0.15) is 9.99 Å². The van der Waals surface area contributed by atoms with Gasteiger partial charge in [0.15, 0.2) is 11.6 Å². The number of rotatable bonds is 9. The van der Waals surface area contributed by atoms with E-state index in [-0.39, 0.29) is 18.1 Å². The number of anilines is 2. The number of hydrogen-bond acceptors (Lipinski definition) is 9. The smallest absolute Gasteiger partial charge is 0.324 e. The molecule has 5 rings (SSSR count). The van der Waals surface area contributed by atoms with Crippen molar-refractivity contribution in [3.8, 4) is 6.26 Å². The van der Waals surface area contributed by atoms with Gasteiger partial charge in [0.2, 0.25) is 5.91 Å². The molecule has 1 unspecified atom stereocenters. The molecule has 2 aromatic heterocycles. The standard InChI is InChI=1S/C26H32N8O3/c1-18(35)34-12-8-21(9-13-34)30-26-24-23(6-10-28-26)25(32-31-24)29-14-22(37-36-17-27)16-33-11-7-19-4-2-3-5-20(19)15-33/h2-6,10,21-22H,7-9,11-16H2,1H3,(H,28,30)(H2,29,31,32). The number of carbonyl (C=O) groups is 1. The number of nitrogens with zero attached hydrogens (tertiary/aromatic N) is 5. The lowest BCUT2D eigenvalue weighted by molar-refractivity contribution is -0.273. The SMILES string of the molecule is CC(=O)N1CCC(Nc2nccc3c(NCC(CN4CCc5ccccc5C4)OOC#N)n[nH]c23)CC1. The van der Waals surface area contributed by atoms with Crippen molar-refractivity contribution in [3.05, 3.63) is 47.7 Å². The van der Waals surface area contributed by atoms with E-state index in [0.29, 0.717) is 18.9 Å². The Morgan fingerprint density at radius 1 is 1.22 bits per heavy atom. The van der Waals surface area contributed by atoms with E-state index in [2.05, 4.69) is 59.9 Å². The molecule has 1 atom stereocenters. The number of piperidine rings is 1. The number of likely N-dealkylation sites (tertiary alicyclic amines) is 1. The lowest BCUT2D eigenvalue weighted by Crippen LogP contribution is -2.41. The van der Waals surface area contributed by atoms with Crippen LogP contribution in [0.25, 0.3) is 10.9 Å². The third-order valence-electron chi connectivity index (χ3n) is 7.16. The van der Waals surface area contributed by atoms with Gasteiger partial charge in [0.05, 0.1) is 0 Å². The van der Waals surface area contributed by atoms with E-state index in [4.69, 9.17) is 10.1 Å². The van der Waals surface area contributed by atoms with Crippen molar-refractivity contribution in [2.45, 2.75) is 44.9 Å². The van der Waals surface area contributed by atoms with E-state index in [0.717, 1.165) is 62.2 Å². The highest BCUT2D eigenvalue weighted by atomic mass is 17.2. The minimum absolute atomic E-state index is 0.121. The molecule has 11 nitrogen and oxygen atoms in total. The largest absolute Gasteiger partial charge is 0.365 e. The van der Waals surface area contributed by atoms with Gasteiger partial charge < -0.3 is 15.5 Å². The van der Waals surface area contributed by atoms with E-state index < -0.39 is 0 Å². The zero-order valence-electron chi connectivity index (χ0n) is 20.9. The second kappa shape index (κ2) is 11.5. The lowest BCUT2D eigenvalue weighted by Gasteiger charge is -2.32. The maximum Gasteiger partial charge on any atom is 0.324 e. The highest BCUT2D eigenvalue weighted by Crippen LogP contribution is 2.27. The molecule has 0 saturated carbocycles. The Labute approximate surface area is 215 Å². The second-order valence-corrected chi connectivity index (χ2v) is 9.61. The topological polar surface area (TPSA) is 131 Å². The monoisotopic (exact) mass is 504 g/mol. The quantitative estimate of drug-likeness (QED) is 0.229. The number of fused-ring (bicyclic) bond motifs is 2. The summed E-state index contributed by atoms with van der Waals surface area (Å²) < 4.78 is 0. The second-order valence-electron chi connectivity index (χ2n) is 9.61. The molecule has 2 aliphatic heterocycles. The molecule has 4 heterocycles. The van der Waals surface area contributed by atoms with Gasteiger partial charge >= 0.3 is 6.26 Å². The molecule has 3 N–H and O–H groups in total. The number of aromatic nitrogens is 3. The van der Waals surface area contributed by atoms with Crippen LogP contribution in [-0.2, 0) is 27.5 Å². The fourth-order valence-corrected chi connectivity index (χ4v) is 5.15. The number of hydrogen-bond donors (Lipinski definition) is 3. The molecular formula is C26H32N8O3. The summed E-state index contributed by atoms with van der Waals surface area (Å²) in [5.74, 6) is 1.55. The number of benzene rings is 1.